The van der Waals surface area contributed by atoms with E-state index in [1.165, 1.54) is 47.1 Å². The highest BCUT2D eigenvalue weighted by atomic mass is 14.7. The minimum Gasteiger partial charge on any atom is -0.261 e. The highest BCUT2D eigenvalue weighted by Crippen LogP contribution is 2.29. The minimum atomic E-state index is 0.621. The zero-order valence-electron chi connectivity index (χ0n) is 18.6. The van der Waals surface area contributed by atoms with E-state index in [9.17, 15) is 0 Å². The fourth-order valence-corrected chi connectivity index (χ4v) is 4.05. The smallest absolute Gasteiger partial charge is 0.0445 e. The molecule has 1 aliphatic carbocycles. The second-order valence-electron chi connectivity index (χ2n) is 8.45. The zero-order chi connectivity index (χ0) is 20.8. The lowest BCUT2D eigenvalue weighted by atomic mass is 9.95. The predicted molar refractivity (Wildman–Crippen MR) is 126 cm³/mol. The number of hydrogen-bond acceptors (Lipinski definition) is 1. The van der Waals surface area contributed by atoms with Gasteiger partial charge in [-0.25, -0.2) is 0 Å². The summed E-state index contributed by atoms with van der Waals surface area (Å²) >= 11 is 0. The van der Waals surface area contributed by atoms with Crippen molar-refractivity contribution in [2.45, 2.75) is 66.7 Å². The van der Waals surface area contributed by atoms with E-state index in [2.05, 4.69) is 82.9 Å². The molecule has 0 saturated heterocycles. The number of aryl methyl sites for hydroxylation is 1. The maximum Gasteiger partial charge on any atom is 0.0445 e. The Labute approximate surface area is 177 Å². The molecule has 150 valence electrons. The molecule has 0 N–H and O–H groups in total. The molecule has 0 aromatic heterocycles. The highest BCUT2D eigenvalue weighted by Gasteiger charge is 2.14. The van der Waals surface area contributed by atoms with Crippen LogP contribution in [0.25, 0.3) is 5.57 Å². The summed E-state index contributed by atoms with van der Waals surface area (Å²) in [5.74, 6) is 7.22. The first-order valence-corrected chi connectivity index (χ1v) is 10.9. The summed E-state index contributed by atoms with van der Waals surface area (Å²) in [7, 11) is 0. The maximum absolute atomic E-state index is 4.81. The number of nitrogens with zero attached hydrogens (tertiary/aromatic N) is 1. The van der Waals surface area contributed by atoms with E-state index >= 15 is 0 Å². The average molecular weight is 384 g/mol. The van der Waals surface area contributed by atoms with E-state index in [4.69, 9.17) is 4.99 Å². The first-order chi connectivity index (χ1) is 14.0. The SMILES string of the molecule is CCC#Cc1cc(C(C)=N/C=C(\C)c2cccc3c2CCC3)ccc1CC(C)C. The first kappa shape index (κ1) is 21.1. The Morgan fingerprint density at radius 1 is 1.14 bits per heavy atom. The lowest BCUT2D eigenvalue weighted by Gasteiger charge is -2.10. The van der Waals surface area contributed by atoms with Crippen LogP contribution in [0.2, 0.25) is 0 Å². The van der Waals surface area contributed by atoms with Crippen molar-refractivity contribution in [3.63, 3.8) is 0 Å². The Hall–Kier alpha value is -2.59. The van der Waals surface area contributed by atoms with Gasteiger partial charge in [-0.1, -0.05) is 62.9 Å². The van der Waals surface area contributed by atoms with Gasteiger partial charge >= 0.3 is 0 Å². The lowest BCUT2D eigenvalue weighted by Crippen LogP contribution is -2.01. The average Bonchev–Trinajstić information content (AvgIpc) is 3.19. The van der Waals surface area contributed by atoms with Crippen LogP contribution in [0, 0.1) is 17.8 Å². The molecule has 0 aliphatic heterocycles. The summed E-state index contributed by atoms with van der Waals surface area (Å²) in [5.41, 5.74) is 10.3. The summed E-state index contributed by atoms with van der Waals surface area (Å²) in [4.78, 5) is 4.81. The predicted octanol–water partition coefficient (Wildman–Crippen LogP) is 7.01. The van der Waals surface area contributed by atoms with Crippen molar-refractivity contribution in [1.29, 1.82) is 0 Å². The highest BCUT2D eigenvalue weighted by molar-refractivity contribution is 5.99. The molecule has 0 fully saturated rings. The van der Waals surface area contributed by atoms with Crippen molar-refractivity contribution in [1.82, 2.24) is 0 Å². The summed E-state index contributed by atoms with van der Waals surface area (Å²) < 4.78 is 0. The molecule has 0 atom stereocenters. The molecular weight excluding hydrogens is 350 g/mol. The van der Waals surface area contributed by atoms with Gasteiger partial charge in [0, 0.05) is 23.9 Å². The van der Waals surface area contributed by atoms with Crippen LogP contribution in [0.15, 0.2) is 47.6 Å². The molecule has 1 nitrogen and oxygen atoms in total. The summed E-state index contributed by atoms with van der Waals surface area (Å²) in [5, 5.41) is 0. The number of benzene rings is 2. The number of aliphatic imine (C=N–C) groups is 1. The molecule has 0 saturated carbocycles. The molecule has 3 rings (SSSR count). The third-order valence-corrected chi connectivity index (χ3v) is 5.58. The topological polar surface area (TPSA) is 12.4 Å². The zero-order valence-corrected chi connectivity index (χ0v) is 18.6. The Morgan fingerprint density at radius 2 is 1.97 bits per heavy atom. The number of rotatable bonds is 5. The Bertz CT molecular complexity index is 993. The van der Waals surface area contributed by atoms with E-state index in [1.807, 2.05) is 6.20 Å². The quantitative estimate of drug-likeness (QED) is 0.389. The molecule has 0 amide bonds. The lowest BCUT2D eigenvalue weighted by molar-refractivity contribution is 0.646. The largest absolute Gasteiger partial charge is 0.261 e. The molecule has 2 aromatic rings. The first-order valence-electron chi connectivity index (χ1n) is 10.9. The Kier molecular flexibility index (Phi) is 7.10. The molecule has 29 heavy (non-hydrogen) atoms. The summed E-state index contributed by atoms with van der Waals surface area (Å²) in [6.07, 6.45) is 7.64. The summed E-state index contributed by atoms with van der Waals surface area (Å²) in [6, 6.07) is 13.3. The van der Waals surface area contributed by atoms with Gasteiger partial charge in [-0.15, -0.1) is 0 Å². The van der Waals surface area contributed by atoms with Gasteiger partial charge in [0.25, 0.3) is 0 Å². The Balaban J connectivity index is 1.89. The number of hydrogen-bond donors (Lipinski definition) is 0. The number of allylic oxidation sites excluding steroid dienone is 1. The third-order valence-electron chi connectivity index (χ3n) is 5.58. The van der Waals surface area contributed by atoms with Gasteiger partial charge in [-0.3, -0.25) is 4.99 Å². The molecule has 0 spiro atoms. The fourth-order valence-electron chi connectivity index (χ4n) is 4.05. The van der Waals surface area contributed by atoms with Gasteiger partial charge < -0.3 is 0 Å². The van der Waals surface area contributed by atoms with Crippen molar-refractivity contribution >= 4 is 11.3 Å². The van der Waals surface area contributed by atoms with Crippen molar-refractivity contribution in [3.8, 4) is 11.8 Å². The molecule has 1 aliphatic rings. The van der Waals surface area contributed by atoms with Gasteiger partial charge in [0.1, 0.15) is 0 Å². The molecule has 0 radical (unpaired) electrons. The maximum atomic E-state index is 4.81. The van der Waals surface area contributed by atoms with Gasteiger partial charge in [0.2, 0.25) is 0 Å². The van der Waals surface area contributed by atoms with E-state index in [0.717, 1.165) is 29.7 Å². The van der Waals surface area contributed by atoms with Gasteiger partial charge in [-0.05, 0) is 84.9 Å². The van der Waals surface area contributed by atoms with Crippen LogP contribution < -0.4 is 0 Å². The van der Waals surface area contributed by atoms with E-state index in [0.29, 0.717) is 5.92 Å². The molecule has 0 unspecified atom stereocenters. The molecular formula is C28H33N. The standard InChI is InChI=1S/C28H33N/c1-6-7-10-25-18-24(15-16-26(25)17-20(2)3)22(5)29-19-21(4)27-13-8-11-23-12-9-14-28(23)27/h8,11,13,15-16,18-20H,6,9,12,14,17H2,1-5H3/b21-19+,29-22?. The monoisotopic (exact) mass is 383 g/mol. The van der Waals surface area contributed by atoms with Crippen molar-refractivity contribution in [3.05, 3.63) is 76.0 Å². The van der Waals surface area contributed by atoms with Crippen LogP contribution >= 0.6 is 0 Å². The Morgan fingerprint density at radius 3 is 2.72 bits per heavy atom. The van der Waals surface area contributed by atoms with Crippen LogP contribution in [0.1, 0.15) is 80.8 Å². The molecule has 0 heterocycles. The van der Waals surface area contributed by atoms with E-state index in [1.54, 1.807) is 0 Å². The van der Waals surface area contributed by atoms with E-state index < -0.39 is 0 Å². The van der Waals surface area contributed by atoms with E-state index in [-0.39, 0.29) is 0 Å². The minimum absolute atomic E-state index is 0.621. The van der Waals surface area contributed by atoms with Gasteiger partial charge in [-0.2, -0.15) is 0 Å². The normalized spacial score (nSPS) is 14.0. The van der Waals surface area contributed by atoms with Crippen molar-refractivity contribution in [2.75, 3.05) is 0 Å². The fraction of sp³-hybridized carbons (Fsp3) is 0.393. The van der Waals surface area contributed by atoms with Gasteiger partial charge in [0.15, 0.2) is 0 Å². The third kappa shape index (κ3) is 5.27. The second kappa shape index (κ2) is 9.75. The second-order valence-corrected chi connectivity index (χ2v) is 8.45. The molecule has 0 bridgehead atoms. The van der Waals surface area contributed by atoms with Gasteiger partial charge in [0.05, 0.1) is 0 Å². The number of fused-ring (bicyclic) bond motifs is 1. The molecule has 2 aromatic carbocycles. The van der Waals surface area contributed by atoms with Crippen LogP contribution in [0.4, 0.5) is 0 Å². The van der Waals surface area contributed by atoms with Crippen molar-refractivity contribution < 1.29 is 0 Å². The van der Waals surface area contributed by atoms with Crippen LogP contribution in [-0.4, -0.2) is 5.71 Å². The summed E-state index contributed by atoms with van der Waals surface area (Å²) in [6.45, 7) is 10.9. The van der Waals surface area contributed by atoms with Crippen LogP contribution in [0.5, 0.6) is 0 Å². The van der Waals surface area contributed by atoms with Crippen molar-refractivity contribution in [2.24, 2.45) is 10.9 Å². The molecule has 1 heteroatoms. The van der Waals surface area contributed by atoms with Crippen LogP contribution in [-0.2, 0) is 19.3 Å². The van der Waals surface area contributed by atoms with Crippen LogP contribution in [0.3, 0.4) is 0 Å².